The molecule has 0 aliphatic carbocycles. The molecule has 0 unspecified atom stereocenters. The highest BCUT2D eigenvalue weighted by Gasteiger charge is 1.76. The van der Waals surface area contributed by atoms with Crippen LogP contribution in [0, 0.1) is 0 Å². The minimum Gasteiger partial charge on any atom is -0.456 e. The fraction of sp³-hybridized carbons (Fsp3) is 0.500. The van der Waals surface area contributed by atoms with E-state index in [1.165, 1.54) is 12.5 Å². The van der Waals surface area contributed by atoms with E-state index in [2.05, 4.69) is 11.5 Å². The molecule has 84 valence electrons. The van der Waals surface area contributed by atoms with Crippen molar-refractivity contribution in [3.05, 3.63) is 36.1 Å². The molecule has 0 heterocycles. The number of unbranched alkanes of at least 4 members (excludes halogenated alkanes) is 2. The molecule has 0 radical (unpaired) electrons. The zero-order valence-corrected chi connectivity index (χ0v) is 8.85. The number of aliphatic hydroxyl groups excluding tert-OH is 2. The van der Waals surface area contributed by atoms with Crippen molar-refractivity contribution in [1.29, 1.82) is 0 Å². The minimum absolute atomic E-state index is 0.201. The first-order chi connectivity index (χ1) is 7.41. The Hall–Kier alpha value is -1.24. The zero-order chi connectivity index (χ0) is 11.2. The third kappa shape index (κ3) is 12.8. The van der Waals surface area contributed by atoms with Crippen molar-refractivity contribution in [2.45, 2.75) is 25.7 Å². The molecular formula is C12H18O3. The van der Waals surface area contributed by atoms with Crippen molar-refractivity contribution in [1.82, 2.24) is 0 Å². The van der Waals surface area contributed by atoms with E-state index < -0.39 is 0 Å². The van der Waals surface area contributed by atoms with Gasteiger partial charge in [0.15, 0.2) is 0 Å². The average Bonchev–Trinajstić information content (AvgIpc) is 2.26. The number of hydrogen-bond donors (Lipinski definition) is 2. The van der Waals surface area contributed by atoms with Crippen molar-refractivity contribution in [2.75, 3.05) is 13.2 Å². The molecular weight excluding hydrogens is 192 g/mol. The topological polar surface area (TPSA) is 49.7 Å². The fourth-order valence-corrected chi connectivity index (χ4v) is 0.762. The molecule has 0 aromatic heterocycles. The second-order valence-corrected chi connectivity index (χ2v) is 2.85. The molecule has 2 N–H and O–H groups in total. The summed E-state index contributed by atoms with van der Waals surface area (Å²) < 4.78 is 4.93. The Morgan fingerprint density at radius 2 is 1.33 bits per heavy atom. The highest BCUT2D eigenvalue weighted by Crippen LogP contribution is 1.88. The lowest BCUT2D eigenvalue weighted by atomic mass is 10.3. The molecule has 15 heavy (non-hydrogen) atoms. The normalized spacial score (nSPS) is 8.40. The summed E-state index contributed by atoms with van der Waals surface area (Å²) >= 11 is 0. The second-order valence-electron chi connectivity index (χ2n) is 2.85. The van der Waals surface area contributed by atoms with E-state index in [0.29, 0.717) is 0 Å². The van der Waals surface area contributed by atoms with Crippen LogP contribution >= 0.6 is 0 Å². The predicted octanol–water partition coefficient (Wildman–Crippen LogP) is 1.89. The van der Waals surface area contributed by atoms with Crippen molar-refractivity contribution >= 4 is 0 Å². The zero-order valence-electron chi connectivity index (χ0n) is 8.85. The average molecular weight is 210 g/mol. The van der Waals surface area contributed by atoms with Gasteiger partial charge in [-0.3, -0.25) is 0 Å². The predicted molar refractivity (Wildman–Crippen MR) is 59.0 cm³/mol. The molecule has 0 aromatic rings. The van der Waals surface area contributed by atoms with Crippen LogP contribution < -0.4 is 0 Å². The lowest BCUT2D eigenvalue weighted by molar-refractivity contribution is 0.289. The van der Waals surface area contributed by atoms with E-state index in [0.717, 1.165) is 25.7 Å². The molecule has 0 amide bonds. The van der Waals surface area contributed by atoms with Gasteiger partial charge in [-0.15, -0.1) is 0 Å². The summed E-state index contributed by atoms with van der Waals surface area (Å²) in [7, 11) is 0. The van der Waals surface area contributed by atoms with E-state index >= 15 is 0 Å². The Kier molecular flexibility index (Phi) is 11.7. The van der Waals surface area contributed by atoms with Gasteiger partial charge in [0.05, 0.1) is 0 Å². The van der Waals surface area contributed by atoms with Gasteiger partial charge in [-0.1, -0.05) is 11.5 Å². The van der Waals surface area contributed by atoms with Crippen LogP contribution in [-0.2, 0) is 4.74 Å². The number of hydrogen-bond acceptors (Lipinski definition) is 3. The molecule has 0 saturated carbocycles. The third-order valence-electron chi connectivity index (χ3n) is 1.52. The van der Waals surface area contributed by atoms with Crippen LogP contribution in [0.25, 0.3) is 0 Å². The lowest BCUT2D eigenvalue weighted by Gasteiger charge is -1.85. The molecule has 0 aliphatic rings. The molecule has 0 atom stereocenters. The van der Waals surface area contributed by atoms with E-state index in [-0.39, 0.29) is 13.2 Å². The van der Waals surface area contributed by atoms with Gasteiger partial charge < -0.3 is 14.9 Å². The van der Waals surface area contributed by atoms with E-state index in [9.17, 15) is 0 Å². The Labute approximate surface area is 90.7 Å². The maximum Gasteiger partial charge on any atom is 0.133 e. The molecule has 0 rings (SSSR count). The van der Waals surface area contributed by atoms with Crippen molar-refractivity contribution in [3.8, 4) is 0 Å². The largest absolute Gasteiger partial charge is 0.456 e. The Balaban J connectivity index is 3.50. The van der Waals surface area contributed by atoms with Gasteiger partial charge in [-0.25, -0.2) is 0 Å². The minimum atomic E-state index is 0.201. The van der Waals surface area contributed by atoms with Gasteiger partial charge in [0, 0.05) is 13.2 Å². The summed E-state index contributed by atoms with van der Waals surface area (Å²) in [6.07, 6.45) is 9.57. The molecule has 0 saturated heterocycles. The number of allylic oxidation sites excluding steroid dienone is 2. The summed E-state index contributed by atoms with van der Waals surface area (Å²) in [6.45, 7) is 0.402. The van der Waals surface area contributed by atoms with Crippen LogP contribution in [0.15, 0.2) is 36.1 Å². The van der Waals surface area contributed by atoms with E-state index in [4.69, 9.17) is 14.9 Å². The summed E-state index contributed by atoms with van der Waals surface area (Å²) in [5.41, 5.74) is 5.63. The first-order valence-corrected chi connectivity index (χ1v) is 5.08. The molecule has 0 bridgehead atoms. The van der Waals surface area contributed by atoms with E-state index in [1.54, 1.807) is 12.2 Å². The van der Waals surface area contributed by atoms with Crippen molar-refractivity contribution < 1.29 is 14.9 Å². The Morgan fingerprint density at radius 1 is 0.867 bits per heavy atom. The monoisotopic (exact) mass is 210 g/mol. The summed E-state index contributed by atoms with van der Waals surface area (Å²) in [6, 6.07) is 0. The highest BCUT2D eigenvalue weighted by molar-refractivity contribution is 4.83. The highest BCUT2D eigenvalue weighted by atomic mass is 16.5. The summed E-state index contributed by atoms with van der Waals surface area (Å²) in [5.74, 6) is 0. The smallest absolute Gasteiger partial charge is 0.133 e. The molecule has 0 spiro atoms. The third-order valence-corrected chi connectivity index (χ3v) is 1.52. The number of aliphatic hydroxyl groups is 2. The van der Waals surface area contributed by atoms with Crippen LogP contribution in [0.3, 0.4) is 0 Å². The van der Waals surface area contributed by atoms with Crippen LogP contribution in [0.2, 0.25) is 0 Å². The van der Waals surface area contributed by atoms with E-state index in [1.807, 2.05) is 0 Å². The molecule has 0 aliphatic heterocycles. The standard InChI is InChI=1S/C12H18O3/c13-9-5-1-3-7-11-15-12-8-4-2-6-10-14/h3-4,11-14H,1-2,5-6,9-10H2. The SMILES string of the molecule is OCCCC=C=COC=C=CCCCO. The van der Waals surface area contributed by atoms with Gasteiger partial charge in [0.25, 0.3) is 0 Å². The van der Waals surface area contributed by atoms with Gasteiger partial charge in [-0.2, -0.15) is 0 Å². The summed E-state index contributed by atoms with van der Waals surface area (Å²) in [5, 5.41) is 17.0. The lowest BCUT2D eigenvalue weighted by Crippen LogP contribution is -1.77. The van der Waals surface area contributed by atoms with Gasteiger partial charge >= 0.3 is 0 Å². The maximum absolute atomic E-state index is 8.48. The van der Waals surface area contributed by atoms with Gasteiger partial charge in [-0.05, 0) is 37.8 Å². The van der Waals surface area contributed by atoms with Crippen molar-refractivity contribution in [2.24, 2.45) is 0 Å². The quantitative estimate of drug-likeness (QED) is 0.365. The van der Waals surface area contributed by atoms with Gasteiger partial charge in [0.2, 0.25) is 0 Å². The number of ether oxygens (including phenoxy) is 1. The fourth-order valence-electron chi connectivity index (χ4n) is 0.762. The van der Waals surface area contributed by atoms with Gasteiger partial charge in [0.1, 0.15) is 12.5 Å². The first kappa shape index (κ1) is 13.8. The number of rotatable bonds is 8. The Morgan fingerprint density at radius 3 is 1.73 bits per heavy atom. The molecule has 3 heteroatoms. The maximum atomic E-state index is 8.48. The van der Waals surface area contributed by atoms with Crippen LogP contribution in [0.5, 0.6) is 0 Å². The Bertz CT molecular complexity index is 218. The summed E-state index contributed by atoms with van der Waals surface area (Å²) in [4.78, 5) is 0. The molecule has 0 aromatic carbocycles. The second kappa shape index (κ2) is 12.8. The molecule has 3 nitrogen and oxygen atoms in total. The first-order valence-electron chi connectivity index (χ1n) is 5.08. The van der Waals surface area contributed by atoms with Crippen LogP contribution in [0.4, 0.5) is 0 Å². The van der Waals surface area contributed by atoms with Crippen LogP contribution in [-0.4, -0.2) is 23.4 Å². The van der Waals surface area contributed by atoms with Crippen molar-refractivity contribution in [3.63, 3.8) is 0 Å². The van der Waals surface area contributed by atoms with Crippen LogP contribution in [0.1, 0.15) is 25.7 Å². The molecule has 0 fully saturated rings.